The van der Waals surface area contributed by atoms with Gasteiger partial charge in [-0.05, 0) is 42.7 Å². The largest absolute Gasteiger partial charge is 0.426 e. The van der Waals surface area contributed by atoms with E-state index in [0.717, 1.165) is 37.2 Å². The number of hydrogen-bond acceptors (Lipinski definition) is 2. The predicted molar refractivity (Wildman–Crippen MR) is 114 cm³/mol. The first-order valence-electron chi connectivity index (χ1n) is 11.6. The number of carbonyl (C=O) groups excluding carboxylic acids is 1. The molecule has 0 atom stereocenters. The van der Waals surface area contributed by atoms with Crippen molar-refractivity contribution < 1.29 is 13.9 Å². The Balaban J connectivity index is 1.68. The van der Waals surface area contributed by atoms with E-state index in [-0.39, 0.29) is 11.8 Å². The summed E-state index contributed by atoms with van der Waals surface area (Å²) in [4.78, 5) is 12.1. The number of rotatable bonds is 12. The maximum absolute atomic E-state index is 14.3. The van der Waals surface area contributed by atoms with Crippen LogP contribution in [0.25, 0.3) is 0 Å². The van der Waals surface area contributed by atoms with Gasteiger partial charge in [0.05, 0.1) is 0 Å². The molecule has 3 heteroatoms. The van der Waals surface area contributed by atoms with Crippen LogP contribution >= 0.6 is 0 Å². The molecule has 0 heterocycles. The number of ether oxygens (including phenoxy) is 1. The van der Waals surface area contributed by atoms with Gasteiger partial charge in [0.15, 0.2) is 0 Å². The summed E-state index contributed by atoms with van der Waals surface area (Å²) in [6, 6.07) is 4.88. The van der Waals surface area contributed by atoms with E-state index in [0.29, 0.717) is 18.1 Å². The van der Waals surface area contributed by atoms with Gasteiger partial charge in [-0.15, -0.1) is 0 Å². The van der Waals surface area contributed by atoms with Crippen molar-refractivity contribution in [3.63, 3.8) is 0 Å². The molecule has 0 spiro atoms. The van der Waals surface area contributed by atoms with E-state index in [1.54, 1.807) is 12.1 Å². The first-order valence-corrected chi connectivity index (χ1v) is 11.6. The number of hydrogen-bond donors (Lipinski definition) is 0. The van der Waals surface area contributed by atoms with Crippen molar-refractivity contribution in [3.8, 4) is 5.75 Å². The molecule has 28 heavy (non-hydrogen) atoms. The maximum atomic E-state index is 14.3. The number of unbranched alkanes of at least 4 members (excludes halogenated alkanes) is 4. The third-order valence-corrected chi connectivity index (χ3v) is 6.23. The van der Waals surface area contributed by atoms with E-state index in [1.807, 2.05) is 0 Å². The van der Waals surface area contributed by atoms with Gasteiger partial charge in [0.25, 0.3) is 0 Å². The first-order chi connectivity index (χ1) is 13.6. The molecule has 1 aliphatic rings. The molecule has 0 unspecified atom stereocenters. The lowest BCUT2D eigenvalue weighted by molar-refractivity contribution is -0.134. The Bertz CT molecular complexity index is 576. The van der Waals surface area contributed by atoms with Gasteiger partial charge in [0.1, 0.15) is 11.6 Å². The van der Waals surface area contributed by atoms with E-state index < -0.39 is 0 Å². The van der Waals surface area contributed by atoms with Crippen molar-refractivity contribution in [1.29, 1.82) is 0 Å². The number of halogens is 1. The molecule has 0 amide bonds. The van der Waals surface area contributed by atoms with Crippen molar-refractivity contribution in [3.05, 3.63) is 29.6 Å². The second kappa shape index (κ2) is 13.0. The van der Waals surface area contributed by atoms with Crippen LogP contribution < -0.4 is 4.74 Å². The molecule has 1 aromatic rings. The van der Waals surface area contributed by atoms with Crippen LogP contribution in [0.15, 0.2) is 18.2 Å². The molecule has 2 rings (SSSR count). The zero-order valence-corrected chi connectivity index (χ0v) is 18.0. The second-order valence-electron chi connectivity index (χ2n) is 8.61. The summed E-state index contributed by atoms with van der Waals surface area (Å²) < 4.78 is 19.6. The lowest BCUT2D eigenvalue weighted by Crippen LogP contribution is -2.17. The molecule has 1 fully saturated rings. The fraction of sp³-hybridized carbons (Fsp3) is 0.720. The Morgan fingerprint density at radius 2 is 1.64 bits per heavy atom. The topological polar surface area (TPSA) is 26.3 Å². The van der Waals surface area contributed by atoms with Crippen molar-refractivity contribution in [2.45, 2.75) is 104 Å². The van der Waals surface area contributed by atoms with Gasteiger partial charge < -0.3 is 4.74 Å². The van der Waals surface area contributed by atoms with E-state index in [4.69, 9.17) is 4.74 Å². The summed E-state index contributed by atoms with van der Waals surface area (Å²) in [6.45, 7) is 4.45. The van der Waals surface area contributed by atoms with Crippen LogP contribution in [0.4, 0.5) is 4.39 Å². The highest BCUT2D eigenvalue weighted by atomic mass is 19.1. The highest BCUT2D eigenvalue weighted by Gasteiger charge is 2.21. The molecule has 1 aromatic carbocycles. The lowest BCUT2D eigenvalue weighted by atomic mass is 9.78. The summed E-state index contributed by atoms with van der Waals surface area (Å²) in [5.74, 6) is 1.38. The third kappa shape index (κ3) is 8.32. The van der Waals surface area contributed by atoms with Gasteiger partial charge in [-0.1, -0.05) is 84.1 Å². The minimum atomic E-state index is -0.255. The average Bonchev–Trinajstić information content (AvgIpc) is 2.69. The monoisotopic (exact) mass is 390 g/mol. The van der Waals surface area contributed by atoms with Crippen LogP contribution in [-0.4, -0.2) is 5.97 Å². The molecule has 0 saturated heterocycles. The Kier molecular flexibility index (Phi) is 10.6. The standard InChI is InChI=1S/C25H39FO2/c1-3-5-6-7-8-10-22-16-17-23(19-24(22)26)28-25(27)18-15-21-13-11-20(9-4-2)12-14-21/h16-17,19-21H,3-15,18H2,1-2H3. The van der Waals surface area contributed by atoms with Crippen LogP contribution in [0.3, 0.4) is 0 Å². The molecular weight excluding hydrogens is 351 g/mol. The molecule has 0 aromatic heterocycles. The third-order valence-electron chi connectivity index (χ3n) is 6.23. The van der Waals surface area contributed by atoms with Crippen LogP contribution in [0.5, 0.6) is 5.75 Å². The number of benzene rings is 1. The lowest BCUT2D eigenvalue weighted by Gasteiger charge is -2.28. The molecule has 0 bridgehead atoms. The van der Waals surface area contributed by atoms with E-state index in [2.05, 4.69) is 13.8 Å². The molecule has 0 aliphatic heterocycles. The highest BCUT2D eigenvalue weighted by Crippen LogP contribution is 2.33. The SMILES string of the molecule is CCCCCCCc1ccc(OC(=O)CCC2CCC(CCC)CC2)cc1F. The minimum absolute atomic E-state index is 0.234. The Hall–Kier alpha value is -1.38. The molecule has 0 radical (unpaired) electrons. The maximum Gasteiger partial charge on any atom is 0.311 e. The average molecular weight is 391 g/mol. The zero-order valence-electron chi connectivity index (χ0n) is 18.0. The fourth-order valence-corrected chi connectivity index (χ4v) is 4.43. The van der Waals surface area contributed by atoms with Crippen LogP contribution in [0.2, 0.25) is 0 Å². The Morgan fingerprint density at radius 3 is 2.29 bits per heavy atom. The predicted octanol–water partition coefficient (Wildman–Crippen LogP) is 7.63. The van der Waals surface area contributed by atoms with E-state index in [1.165, 1.54) is 63.9 Å². The van der Waals surface area contributed by atoms with Gasteiger partial charge in [-0.25, -0.2) is 4.39 Å². The number of esters is 1. The van der Waals surface area contributed by atoms with E-state index >= 15 is 0 Å². The van der Waals surface area contributed by atoms with E-state index in [9.17, 15) is 9.18 Å². The minimum Gasteiger partial charge on any atom is -0.426 e. The molecule has 0 N–H and O–H groups in total. The molecule has 2 nitrogen and oxygen atoms in total. The van der Waals surface area contributed by atoms with Crippen LogP contribution in [0.1, 0.15) is 103 Å². The van der Waals surface area contributed by atoms with Crippen LogP contribution in [-0.2, 0) is 11.2 Å². The van der Waals surface area contributed by atoms with Crippen molar-refractivity contribution in [1.82, 2.24) is 0 Å². The number of carbonyl (C=O) groups is 1. The Labute approximate surface area is 171 Å². The summed E-state index contributed by atoms with van der Waals surface area (Å²) in [6.07, 6.45) is 15.6. The Morgan fingerprint density at radius 1 is 0.964 bits per heavy atom. The van der Waals surface area contributed by atoms with Gasteiger partial charge in [0, 0.05) is 12.5 Å². The summed E-state index contributed by atoms with van der Waals surface area (Å²) in [5.41, 5.74) is 0.722. The summed E-state index contributed by atoms with van der Waals surface area (Å²) in [5, 5.41) is 0. The normalized spacial score (nSPS) is 19.5. The number of aryl methyl sites for hydroxylation is 1. The van der Waals surface area contributed by atoms with Crippen molar-refractivity contribution in [2.75, 3.05) is 0 Å². The second-order valence-corrected chi connectivity index (χ2v) is 8.61. The van der Waals surface area contributed by atoms with Gasteiger partial charge in [-0.3, -0.25) is 4.79 Å². The van der Waals surface area contributed by atoms with Gasteiger partial charge in [-0.2, -0.15) is 0 Å². The first kappa shape index (κ1) is 22.9. The highest BCUT2D eigenvalue weighted by molar-refractivity contribution is 5.72. The van der Waals surface area contributed by atoms with Crippen LogP contribution in [0, 0.1) is 17.7 Å². The summed E-state index contributed by atoms with van der Waals surface area (Å²) in [7, 11) is 0. The zero-order chi connectivity index (χ0) is 20.2. The summed E-state index contributed by atoms with van der Waals surface area (Å²) >= 11 is 0. The van der Waals surface area contributed by atoms with Crippen molar-refractivity contribution >= 4 is 5.97 Å². The fourth-order valence-electron chi connectivity index (χ4n) is 4.43. The smallest absolute Gasteiger partial charge is 0.311 e. The van der Waals surface area contributed by atoms with Gasteiger partial charge in [0.2, 0.25) is 0 Å². The molecule has 1 saturated carbocycles. The molecular formula is C25H39FO2. The van der Waals surface area contributed by atoms with Crippen molar-refractivity contribution in [2.24, 2.45) is 11.8 Å². The quantitative estimate of drug-likeness (QED) is 0.208. The molecule has 1 aliphatic carbocycles. The molecule has 158 valence electrons. The van der Waals surface area contributed by atoms with Gasteiger partial charge >= 0.3 is 5.97 Å².